The number of hydrogen-bond acceptors (Lipinski definition) is 5. The molecule has 0 fully saturated rings. The maximum absolute atomic E-state index is 12.1. The van der Waals surface area contributed by atoms with E-state index in [1.807, 2.05) is 73.7 Å². The zero-order valence-corrected chi connectivity index (χ0v) is 15.5. The number of benzene rings is 3. The van der Waals surface area contributed by atoms with Gasteiger partial charge in [-0.2, -0.15) is 0 Å². The molecule has 3 aromatic carbocycles. The summed E-state index contributed by atoms with van der Waals surface area (Å²) >= 11 is 1.33. The maximum atomic E-state index is 12.1. The Labute approximate surface area is 160 Å². The second-order valence-electron chi connectivity index (χ2n) is 6.12. The van der Waals surface area contributed by atoms with Gasteiger partial charge in [-0.1, -0.05) is 71.5 Å². The lowest BCUT2D eigenvalue weighted by Gasteiger charge is -2.06. The minimum atomic E-state index is -0.269. The number of fused-ring (bicyclic) bond motifs is 1. The van der Waals surface area contributed by atoms with Gasteiger partial charge >= 0.3 is 0 Å². The highest BCUT2D eigenvalue weighted by Crippen LogP contribution is 2.26. The summed E-state index contributed by atoms with van der Waals surface area (Å²) in [5.41, 5.74) is 2.16. The monoisotopic (exact) mass is 375 g/mol. The van der Waals surface area contributed by atoms with Crippen LogP contribution in [0.4, 0.5) is 5.13 Å². The summed E-state index contributed by atoms with van der Waals surface area (Å²) in [6.45, 7) is 1.95. The number of aromatic nitrogens is 2. The van der Waals surface area contributed by atoms with Crippen molar-refractivity contribution in [3.63, 3.8) is 0 Å². The molecule has 1 aromatic heterocycles. The predicted molar refractivity (Wildman–Crippen MR) is 108 cm³/mol. The summed E-state index contributed by atoms with van der Waals surface area (Å²) in [4.78, 5) is 12.1. The van der Waals surface area contributed by atoms with Gasteiger partial charge in [-0.25, -0.2) is 0 Å². The third-order valence-corrected chi connectivity index (χ3v) is 4.95. The van der Waals surface area contributed by atoms with Crippen LogP contribution in [0.5, 0.6) is 5.75 Å². The predicted octanol–water partition coefficient (Wildman–Crippen LogP) is 4.68. The van der Waals surface area contributed by atoms with E-state index in [1.165, 1.54) is 16.9 Å². The third-order valence-electron chi connectivity index (χ3n) is 4.06. The topological polar surface area (TPSA) is 64.1 Å². The van der Waals surface area contributed by atoms with Gasteiger partial charge in [-0.05, 0) is 29.8 Å². The lowest BCUT2D eigenvalue weighted by molar-refractivity contribution is -0.118. The molecule has 27 heavy (non-hydrogen) atoms. The van der Waals surface area contributed by atoms with Crippen molar-refractivity contribution in [1.29, 1.82) is 0 Å². The minimum absolute atomic E-state index is 0.0855. The Balaban J connectivity index is 1.37. The van der Waals surface area contributed by atoms with Gasteiger partial charge in [0.2, 0.25) is 5.13 Å². The molecular weight excluding hydrogens is 358 g/mol. The molecule has 134 valence electrons. The smallest absolute Gasteiger partial charge is 0.264 e. The fourth-order valence-corrected chi connectivity index (χ4v) is 3.41. The summed E-state index contributed by atoms with van der Waals surface area (Å²) in [5, 5.41) is 14.3. The number of rotatable bonds is 5. The van der Waals surface area contributed by atoms with Crippen LogP contribution in [0.15, 0.2) is 66.7 Å². The highest BCUT2D eigenvalue weighted by atomic mass is 32.1. The zero-order valence-electron chi connectivity index (χ0n) is 14.7. The number of amides is 1. The second-order valence-corrected chi connectivity index (χ2v) is 7.10. The Morgan fingerprint density at radius 3 is 2.59 bits per heavy atom. The van der Waals surface area contributed by atoms with Gasteiger partial charge in [0.05, 0.1) is 0 Å². The molecule has 1 heterocycles. The van der Waals surface area contributed by atoms with E-state index in [4.69, 9.17) is 4.74 Å². The van der Waals surface area contributed by atoms with Crippen LogP contribution in [-0.2, 0) is 4.79 Å². The van der Waals surface area contributed by atoms with Gasteiger partial charge in [0.15, 0.2) is 6.61 Å². The standard InChI is InChI=1S/C21H17N3O2S/c1-14-6-8-16(9-7-14)20-23-24-21(27-20)22-19(25)13-26-18-11-10-15-4-2-3-5-17(15)12-18/h2-12H,13H2,1H3,(H,22,24,25). The van der Waals surface area contributed by atoms with Gasteiger partial charge < -0.3 is 4.74 Å². The highest BCUT2D eigenvalue weighted by Gasteiger charge is 2.10. The molecule has 1 amide bonds. The number of aryl methyl sites for hydroxylation is 1. The SMILES string of the molecule is Cc1ccc(-c2nnc(NC(=O)COc3ccc4ccccc4c3)s2)cc1. The van der Waals surface area contributed by atoms with Crippen LogP contribution in [-0.4, -0.2) is 22.7 Å². The first-order valence-corrected chi connectivity index (χ1v) is 9.31. The molecule has 0 saturated carbocycles. The Bertz CT molecular complexity index is 1090. The van der Waals surface area contributed by atoms with Crippen molar-refractivity contribution in [3.8, 4) is 16.3 Å². The molecule has 0 aliphatic carbocycles. The fraction of sp³-hybridized carbons (Fsp3) is 0.0952. The fourth-order valence-electron chi connectivity index (χ4n) is 2.65. The van der Waals surface area contributed by atoms with E-state index in [0.29, 0.717) is 10.9 Å². The highest BCUT2D eigenvalue weighted by molar-refractivity contribution is 7.18. The summed E-state index contributed by atoms with van der Waals surface area (Å²) in [6.07, 6.45) is 0. The number of hydrogen-bond donors (Lipinski definition) is 1. The molecule has 1 N–H and O–H groups in total. The van der Waals surface area contributed by atoms with Crippen LogP contribution in [0.3, 0.4) is 0 Å². The van der Waals surface area contributed by atoms with Crippen LogP contribution in [0, 0.1) is 6.92 Å². The first-order chi connectivity index (χ1) is 13.2. The second kappa shape index (κ2) is 7.55. The molecule has 6 heteroatoms. The lowest BCUT2D eigenvalue weighted by atomic mass is 10.1. The normalized spacial score (nSPS) is 10.7. The molecule has 0 saturated heterocycles. The van der Waals surface area contributed by atoms with Crippen LogP contribution >= 0.6 is 11.3 Å². The van der Waals surface area contributed by atoms with Crippen molar-refractivity contribution in [2.75, 3.05) is 11.9 Å². The van der Waals surface area contributed by atoms with Crippen molar-refractivity contribution >= 4 is 33.1 Å². The third kappa shape index (κ3) is 4.12. The number of anilines is 1. The van der Waals surface area contributed by atoms with E-state index in [-0.39, 0.29) is 12.5 Å². The van der Waals surface area contributed by atoms with E-state index in [9.17, 15) is 4.79 Å². The van der Waals surface area contributed by atoms with Crippen molar-refractivity contribution in [2.45, 2.75) is 6.92 Å². The number of ether oxygens (including phenoxy) is 1. The van der Waals surface area contributed by atoms with E-state index < -0.39 is 0 Å². The Morgan fingerprint density at radius 2 is 1.78 bits per heavy atom. The van der Waals surface area contributed by atoms with Gasteiger partial charge in [-0.3, -0.25) is 10.1 Å². The van der Waals surface area contributed by atoms with Crippen molar-refractivity contribution < 1.29 is 9.53 Å². The average molecular weight is 375 g/mol. The van der Waals surface area contributed by atoms with Gasteiger partial charge in [-0.15, -0.1) is 10.2 Å². The van der Waals surface area contributed by atoms with Crippen molar-refractivity contribution in [3.05, 3.63) is 72.3 Å². The lowest BCUT2D eigenvalue weighted by Crippen LogP contribution is -2.20. The average Bonchev–Trinajstić information content (AvgIpc) is 3.15. The molecule has 0 spiro atoms. The molecule has 4 rings (SSSR count). The number of carbonyl (C=O) groups excluding carboxylic acids is 1. The van der Waals surface area contributed by atoms with Crippen LogP contribution in [0.25, 0.3) is 21.3 Å². The Morgan fingerprint density at radius 1 is 1.00 bits per heavy atom. The Hall–Kier alpha value is -3.25. The first kappa shape index (κ1) is 17.2. The molecule has 4 aromatic rings. The number of carbonyl (C=O) groups is 1. The molecule has 0 atom stereocenters. The van der Waals surface area contributed by atoms with E-state index in [1.54, 1.807) is 0 Å². The molecule has 0 aliphatic rings. The molecule has 0 radical (unpaired) electrons. The van der Waals surface area contributed by atoms with Gasteiger partial charge in [0.1, 0.15) is 10.8 Å². The van der Waals surface area contributed by atoms with E-state index in [2.05, 4.69) is 15.5 Å². The van der Waals surface area contributed by atoms with Crippen molar-refractivity contribution in [2.24, 2.45) is 0 Å². The zero-order chi connectivity index (χ0) is 18.6. The van der Waals surface area contributed by atoms with Gasteiger partial charge in [0, 0.05) is 5.56 Å². The molecule has 0 bridgehead atoms. The van der Waals surface area contributed by atoms with E-state index in [0.717, 1.165) is 21.3 Å². The number of nitrogens with one attached hydrogen (secondary N) is 1. The molecule has 0 aliphatic heterocycles. The maximum Gasteiger partial charge on any atom is 0.264 e. The quantitative estimate of drug-likeness (QED) is 0.550. The summed E-state index contributed by atoms with van der Waals surface area (Å²) < 4.78 is 5.60. The van der Waals surface area contributed by atoms with Crippen LogP contribution in [0.2, 0.25) is 0 Å². The van der Waals surface area contributed by atoms with Crippen molar-refractivity contribution in [1.82, 2.24) is 10.2 Å². The molecule has 5 nitrogen and oxygen atoms in total. The Kier molecular flexibility index (Phi) is 4.80. The molecule has 0 unspecified atom stereocenters. The summed E-state index contributed by atoms with van der Waals surface area (Å²) in [7, 11) is 0. The largest absolute Gasteiger partial charge is 0.484 e. The van der Waals surface area contributed by atoms with E-state index >= 15 is 0 Å². The minimum Gasteiger partial charge on any atom is -0.484 e. The first-order valence-electron chi connectivity index (χ1n) is 8.49. The van der Waals surface area contributed by atoms with Crippen LogP contribution in [0.1, 0.15) is 5.56 Å². The molecular formula is C21H17N3O2S. The van der Waals surface area contributed by atoms with Crippen LogP contribution < -0.4 is 10.1 Å². The number of nitrogens with zero attached hydrogens (tertiary/aromatic N) is 2. The summed E-state index contributed by atoms with van der Waals surface area (Å²) in [6, 6.07) is 21.8. The summed E-state index contributed by atoms with van der Waals surface area (Å²) in [5.74, 6) is 0.385. The van der Waals surface area contributed by atoms with Gasteiger partial charge in [0.25, 0.3) is 5.91 Å².